The summed E-state index contributed by atoms with van der Waals surface area (Å²) in [5.74, 6) is -0.873. The van der Waals surface area contributed by atoms with Gasteiger partial charge < -0.3 is 5.32 Å². The Morgan fingerprint density at radius 3 is 2.48 bits per heavy atom. The zero-order valence-corrected chi connectivity index (χ0v) is 18.3. The topological polar surface area (TPSA) is 88.2 Å². The molecule has 0 aliphatic heterocycles. The Morgan fingerprint density at radius 2 is 1.79 bits per heavy atom. The standard InChI is InChI=1S/C19H17BrFN3O3S2/c20-14-3-1-13(2-4-14)11-16-12-22-19(28-16)24-18(25)9-10-23-29(26,27)17-7-5-15(21)6-8-17/h1-8,12,23H,9-11H2,(H,22,24,25). The fourth-order valence-corrected chi connectivity index (χ4v) is 4.59. The quantitative estimate of drug-likeness (QED) is 0.493. The Labute approximate surface area is 180 Å². The summed E-state index contributed by atoms with van der Waals surface area (Å²) in [6.45, 7) is -0.0807. The molecule has 0 radical (unpaired) electrons. The monoisotopic (exact) mass is 497 g/mol. The van der Waals surface area contributed by atoms with E-state index in [1.807, 2.05) is 24.3 Å². The molecular formula is C19H17BrFN3O3S2. The van der Waals surface area contributed by atoms with Crippen molar-refractivity contribution in [3.63, 3.8) is 0 Å². The van der Waals surface area contributed by atoms with Crippen LogP contribution in [-0.4, -0.2) is 25.9 Å². The smallest absolute Gasteiger partial charge is 0.240 e. The van der Waals surface area contributed by atoms with Gasteiger partial charge in [-0.25, -0.2) is 22.5 Å². The molecule has 1 amide bonds. The third kappa shape index (κ3) is 6.43. The van der Waals surface area contributed by atoms with Crippen molar-refractivity contribution in [3.05, 3.63) is 75.5 Å². The molecule has 3 aromatic rings. The molecule has 0 saturated carbocycles. The average Bonchev–Trinajstić information content (AvgIpc) is 3.10. The molecule has 0 fully saturated rings. The van der Waals surface area contributed by atoms with Crippen molar-refractivity contribution in [2.75, 3.05) is 11.9 Å². The Balaban J connectivity index is 1.48. The number of nitrogens with zero attached hydrogens (tertiary/aromatic N) is 1. The second-order valence-corrected chi connectivity index (χ2v) is 9.88. The summed E-state index contributed by atoms with van der Waals surface area (Å²) >= 11 is 4.76. The molecule has 1 heterocycles. The van der Waals surface area contributed by atoms with Crippen molar-refractivity contribution < 1.29 is 17.6 Å². The Bertz CT molecular complexity index is 1080. The van der Waals surface area contributed by atoms with Crippen LogP contribution in [0.2, 0.25) is 0 Å². The number of hydrogen-bond acceptors (Lipinski definition) is 5. The van der Waals surface area contributed by atoms with Gasteiger partial charge in [0.1, 0.15) is 5.82 Å². The van der Waals surface area contributed by atoms with Crippen LogP contribution < -0.4 is 10.0 Å². The van der Waals surface area contributed by atoms with E-state index in [1.165, 1.54) is 23.5 Å². The summed E-state index contributed by atoms with van der Waals surface area (Å²) in [4.78, 5) is 17.2. The maximum atomic E-state index is 12.9. The van der Waals surface area contributed by atoms with E-state index in [1.54, 1.807) is 6.20 Å². The lowest BCUT2D eigenvalue weighted by Gasteiger charge is -2.06. The largest absolute Gasteiger partial charge is 0.302 e. The van der Waals surface area contributed by atoms with E-state index in [0.29, 0.717) is 11.6 Å². The molecule has 2 aromatic carbocycles. The van der Waals surface area contributed by atoms with Gasteiger partial charge in [0, 0.05) is 34.9 Å². The first-order valence-electron chi connectivity index (χ1n) is 8.56. The molecule has 29 heavy (non-hydrogen) atoms. The van der Waals surface area contributed by atoms with Crippen LogP contribution in [0.3, 0.4) is 0 Å². The Morgan fingerprint density at radius 1 is 1.10 bits per heavy atom. The van der Waals surface area contributed by atoms with Gasteiger partial charge in [0.2, 0.25) is 15.9 Å². The first-order valence-corrected chi connectivity index (χ1v) is 11.7. The normalized spacial score (nSPS) is 11.4. The van der Waals surface area contributed by atoms with Crippen molar-refractivity contribution in [3.8, 4) is 0 Å². The molecule has 0 bridgehead atoms. The lowest BCUT2D eigenvalue weighted by Crippen LogP contribution is -2.27. The molecule has 0 unspecified atom stereocenters. The Kier molecular flexibility index (Phi) is 7.12. The predicted octanol–water partition coefficient (Wildman–Crippen LogP) is 3.94. The summed E-state index contributed by atoms with van der Waals surface area (Å²) in [7, 11) is -3.79. The number of carbonyl (C=O) groups excluding carboxylic acids is 1. The van der Waals surface area contributed by atoms with Crippen LogP contribution in [0.4, 0.5) is 9.52 Å². The van der Waals surface area contributed by atoms with Gasteiger partial charge in [0.25, 0.3) is 0 Å². The van der Waals surface area contributed by atoms with E-state index in [4.69, 9.17) is 0 Å². The van der Waals surface area contributed by atoms with Crippen LogP contribution in [0.15, 0.2) is 64.1 Å². The molecule has 10 heteroatoms. The highest BCUT2D eigenvalue weighted by Crippen LogP contribution is 2.22. The fraction of sp³-hybridized carbons (Fsp3) is 0.158. The molecule has 0 saturated heterocycles. The number of aromatic nitrogens is 1. The number of thiazole rings is 1. The highest BCUT2D eigenvalue weighted by atomic mass is 79.9. The molecule has 0 aliphatic rings. The van der Waals surface area contributed by atoms with Gasteiger partial charge in [-0.2, -0.15) is 0 Å². The Hall–Kier alpha value is -2.14. The van der Waals surface area contributed by atoms with E-state index < -0.39 is 15.8 Å². The highest BCUT2D eigenvalue weighted by Gasteiger charge is 2.14. The second kappa shape index (κ2) is 9.57. The molecule has 3 rings (SSSR count). The van der Waals surface area contributed by atoms with Gasteiger partial charge in [0.05, 0.1) is 4.90 Å². The third-order valence-electron chi connectivity index (χ3n) is 3.86. The average molecular weight is 498 g/mol. The van der Waals surface area contributed by atoms with Gasteiger partial charge in [-0.15, -0.1) is 11.3 Å². The van der Waals surface area contributed by atoms with Gasteiger partial charge in [-0.3, -0.25) is 4.79 Å². The number of amides is 1. The molecule has 0 spiro atoms. The van der Waals surface area contributed by atoms with Crippen molar-refractivity contribution in [1.29, 1.82) is 0 Å². The molecule has 0 atom stereocenters. The van der Waals surface area contributed by atoms with E-state index in [0.717, 1.165) is 27.0 Å². The van der Waals surface area contributed by atoms with Gasteiger partial charge in [-0.05, 0) is 42.0 Å². The second-order valence-electron chi connectivity index (χ2n) is 6.08. The number of rotatable bonds is 8. The molecular weight excluding hydrogens is 481 g/mol. The number of carbonyl (C=O) groups is 1. The molecule has 0 aliphatic carbocycles. The summed E-state index contributed by atoms with van der Waals surface area (Å²) in [6, 6.07) is 12.4. The first-order chi connectivity index (χ1) is 13.8. The van der Waals surface area contributed by atoms with Crippen LogP contribution in [-0.2, 0) is 21.2 Å². The van der Waals surface area contributed by atoms with Crippen LogP contribution in [0.5, 0.6) is 0 Å². The minimum absolute atomic E-state index is 0.0535. The number of sulfonamides is 1. The summed E-state index contributed by atoms with van der Waals surface area (Å²) in [5.41, 5.74) is 1.13. The summed E-state index contributed by atoms with van der Waals surface area (Å²) < 4.78 is 40.4. The van der Waals surface area contributed by atoms with Crippen LogP contribution in [0.25, 0.3) is 0 Å². The molecule has 1 aromatic heterocycles. The van der Waals surface area contributed by atoms with Crippen LogP contribution in [0, 0.1) is 5.82 Å². The third-order valence-corrected chi connectivity index (χ3v) is 6.78. The number of anilines is 1. The first kappa shape index (κ1) is 21.6. The van der Waals surface area contributed by atoms with E-state index >= 15 is 0 Å². The molecule has 152 valence electrons. The fourth-order valence-electron chi connectivity index (χ4n) is 2.43. The summed E-state index contributed by atoms with van der Waals surface area (Å²) in [5, 5.41) is 3.13. The van der Waals surface area contributed by atoms with E-state index in [2.05, 4.69) is 31.0 Å². The van der Waals surface area contributed by atoms with E-state index in [-0.39, 0.29) is 23.8 Å². The van der Waals surface area contributed by atoms with Crippen molar-refractivity contribution in [2.24, 2.45) is 0 Å². The minimum Gasteiger partial charge on any atom is -0.302 e. The van der Waals surface area contributed by atoms with Crippen molar-refractivity contribution >= 4 is 48.3 Å². The lowest BCUT2D eigenvalue weighted by molar-refractivity contribution is -0.116. The van der Waals surface area contributed by atoms with E-state index in [9.17, 15) is 17.6 Å². The van der Waals surface area contributed by atoms with Gasteiger partial charge in [-0.1, -0.05) is 28.1 Å². The summed E-state index contributed by atoms with van der Waals surface area (Å²) in [6.07, 6.45) is 2.36. The zero-order valence-electron chi connectivity index (χ0n) is 15.1. The van der Waals surface area contributed by atoms with Crippen molar-refractivity contribution in [1.82, 2.24) is 9.71 Å². The van der Waals surface area contributed by atoms with Gasteiger partial charge >= 0.3 is 0 Å². The maximum absolute atomic E-state index is 12.9. The highest BCUT2D eigenvalue weighted by molar-refractivity contribution is 9.10. The number of benzene rings is 2. The lowest BCUT2D eigenvalue weighted by atomic mass is 10.1. The van der Waals surface area contributed by atoms with Crippen molar-refractivity contribution in [2.45, 2.75) is 17.7 Å². The minimum atomic E-state index is -3.79. The maximum Gasteiger partial charge on any atom is 0.240 e. The zero-order chi connectivity index (χ0) is 20.9. The number of nitrogens with one attached hydrogen (secondary N) is 2. The molecule has 2 N–H and O–H groups in total. The molecule has 6 nitrogen and oxygen atoms in total. The number of hydrogen-bond donors (Lipinski definition) is 2. The SMILES string of the molecule is O=C(CCNS(=O)(=O)c1ccc(F)cc1)Nc1ncc(Cc2ccc(Br)cc2)s1. The van der Waals surface area contributed by atoms with Gasteiger partial charge in [0.15, 0.2) is 5.13 Å². The van der Waals surface area contributed by atoms with Crippen LogP contribution >= 0.6 is 27.3 Å². The predicted molar refractivity (Wildman–Crippen MR) is 114 cm³/mol. The number of halogens is 2. The van der Waals surface area contributed by atoms with Crippen LogP contribution in [0.1, 0.15) is 16.9 Å².